The fraction of sp³-hybridized carbons (Fsp3) is 0.200. The second-order valence-corrected chi connectivity index (χ2v) is 8.27. The number of amides is 2. The summed E-state index contributed by atoms with van der Waals surface area (Å²) in [6.07, 6.45) is -4.15. The fourth-order valence-corrected chi connectivity index (χ4v) is 4.79. The minimum atomic E-state index is -5.00. The Kier molecular flexibility index (Phi) is 6.75. The smallest absolute Gasteiger partial charge is 0.406 e. The summed E-state index contributed by atoms with van der Waals surface area (Å²) in [5, 5.41) is 9.41. The molecule has 0 fully saturated rings. The van der Waals surface area contributed by atoms with Gasteiger partial charge in [0.05, 0.1) is 11.5 Å². The first-order chi connectivity index (χ1) is 17.9. The SMILES string of the molecule is N#Cc1cc(C2(c3ccc(OC(F)F)nc3)C(C(N)=O)c3ccccc3C(=O)N2CC(F)(F)F)ccc1F. The Bertz CT molecular complexity index is 1440. The molecule has 38 heavy (non-hydrogen) atoms. The number of halogens is 6. The first kappa shape index (κ1) is 26.5. The number of hydrogen-bond acceptors (Lipinski definition) is 5. The van der Waals surface area contributed by atoms with Crippen molar-refractivity contribution in [1.29, 1.82) is 5.26 Å². The van der Waals surface area contributed by atoms with Crippen molar-refractivity contribution in [3.8, 4) is 11.9 Å². The second kappa shape index (κ2) is 9.70. The van der Waals surface area contributed by atoms with Crippen LogP contribution in [0.1, 0.15) is 38.5 Å². The predicted molar refractivity (Wildman–Crippen MR) is 118 cm³/mol. The van der Waals surface area contributed by atoms with Gasteiger partial charge in [0.2, 0.25) is 11.8 Å². The van der Waals surface area contributed by atoms with E-state index in [1.54, 1.807) is 6.07 Å². The number of nitrogens with zero attached hydrogens (tertiary/aromatic N) is 3. The number of ether oxygens (including phenoxy) is 1. The molecule has 0 radical (unpaired) electrons. The molecule has 0 saturated heterocycles. The molecule has 3 aromatic rings. The van der Waals surface area contributed by atoms with Gasteiger partial charge in [-0.05, 0) is 35.4 Å². The molecule has 196 valence electrons. The fourth-order valence-electron chi connectivity index (χ4n) is 4.79. The zero-order valence-corrected chi connectivity index (χ0v) is 19.0. The van der Waals surface area contributed by atoms with E-state index in [2.05, 4.69) is 9.72 Å². The van der Waals surface area contributed by atoms with E-state index in [1.165, 1.54) is 24.3 Å². The summed E-state index contributed by atoms with van der Waals surface area (Å²) in [6.45, 7) is -5.15. The molecule has 2 aromatic carbocycles. The number of alkyl halides is 5. The number of aromatic nitrogens is 1. The van der Waals surface area contributed by atoms with Crippen LogP contribution in [-0.4, -0.2) is 41.0 Å². The molecule has 1 aromatic heterocycles. The highest BCUT2D eigenvalue weighted by Crippen LogP contribution is 2.52. The third-order valence-corrected chi connectivity index (χ3v) is 6.13. The van der Waals surface area contributed by atoms with Crippen LogP contribution in [-0.2, 0) is 10.3 Å². The van der Waals surface area contributed by atoms with Crippen molar-refractivity contribution in [1.82, 2.24) is 9.88 Å². The van der Waals surface area contributed by atoms with Gasteiger partial charge in [-0.1, -0.05) is 24.3 Å². The van der Waals surface area contributed by atoms with Gasteiger partial charge in [-0.3, -0.25) is 9.59 Å². The van der Waals surface area contributed by atoms with Gasteiger partial charge in [0.15, 0.2) is 0 Å². The molecule has 1 aliphatic heterocycles. The lowest BCUT2D eigenvalue weighted by Crippen LogP contribution is -2.62. The van der Waals surface area contributed by atoms with E-state index in [-0.39, 0.29) is 22.3 Å². The van der Waals surface area contributed by atoms with E-state index in [1.807, 2.05) is 0 Å². The zero-order valence-electron chi connectivity index (χ0n) is 19.0. The molecule has 0 saturated carbocycles. The summed E-state index contributed by atoms with van der Waals surface area (Å²) in [7, 11) is 0. The topological polar surface area (TPSA) is 109 Å². The third-order valence-electron chi connectivity index (χ3n) is 6.13. The number of carbonyl (C=O) groups excluding carboxylic acids is 2. The Morgan fingerprint density at radius 3 is 2.42 bits per heavy atom. The maximum Gasteiger partial charge on any atom is 0.406 e. The van der Waals surface area contributed by atoms with E-state index in [9.17, 15) is 41.2 Å². The van der Waals surface area contributed by atoms with Crippen LogP contribution >= 0.6 is 0 Å². The number of pyridine rings is 1. The predicted octanol–water partition coefficient (Wildman–Crippen LogP) is 4.22. The van der Waals surface area contributed by atoms with Gasteiger partial charge in [0, 0.05) is 23.4 Å². The van der Waals surface area contributed by atoms with Crippen LogP contribution in [0.3, 0.4) is 0 Å². The Morgan fingerprint density at radius 1 is 1.16 bits per heavy atom. The maximum absolute atomic E-state index is 14.3. The van der Waals surface area contributed by atoms with Gasteiger partial charge in [-0.2, -0.15) is 27.2 Å². The highest BCUT2D eigenvalue weighted by Gasteiger charge is 2.58. The number of nitriles is 1. The molecular weight excluding hydrogens is 518 g/mol. The molecule has 2 atom stereocenters. The van der Waals surface area contributed by atoms with Crippen molar-refractivity contribution >= 4 is 11.8 Å². The summed E-state index contributed by atoms with van der Waals surface area (Å²) in [5.41, 5.74) is 1.95. The average molecular weight is 534 g/mol. The Balaban J connectivity index is 2.15. The molecule has 2 amide bonds. The first-order valence-corrected chi connectivity index (χ1v) is 10.8. The lowest BCUT2D eigenvalue weighted by molar-refractivity contribution is -0.154. The van der Waals surface area contributed by atoms with Crippen LogP contribution in [0, 0.1) is 17.1 Å². The third kappa shape index (κ3) is 4.49. The summed E-state index contributed by atoms with van der Waals surface area (Å²) >= 11 is 0. The molecule has 2 unspecified atom stereocenters. The minimum absolute atomic E-state index is 0.0286. The molecule has 0 bridgehead atoms. The number of nitrogens with two attached hydrogens (primary N) is 1. The van der Waals surface area contributed by atoms with Gasteiger partial charge < -0.3 is 15.4 Å². The number of rotatable bonds is 6. The van der Waals surface area contributed by atoms with Crippen molar-refractivity contribution in [2.45, 2.75) is 24.2 Å². The van der Waals surface area contributed by atoms with E-state index in [4.69, 9.17) is 5.73 Å². The summed E-state index contributed by atoms with van der Waals surface area (Å²) < 4.78 is 85.8. The normalized spacial score (nSPS) is 19.2. The quantitative estimate of drug-likeness (QED) is 0.477. The van der Waals surface area contributed by atoms with Crippen molar-refractivity contribution in [3.63, 3.8) is 0 Å². The second-order valence-electron chi connectivity index (χ2n) is 8.27. The highest BCUT2D eigenvalue weighted by atomic mass is 19.4. The van der Waals surface area contributed by atoms with Crippen LogP contribution in [0.2, 0.25) is 0 Å². The van der Waals surface area contributed by atoms with E-state index in [0.29, 0.717) is 4.90 Å². The first-order valence-electron chi connectivity index (χ1n) is 10.8. The lowest BCUT2D eigenvalue weighted by Gasteiger charge is -2.52. The van der Waals surface area contributed by atoms with Crippen LogP contribution in [0.4, 0.5) is 26.3 Å². The van der Waals surface area contributed by atoms with E-state index >= 15 is 0 Å². The summed E-state index contributed by atoms with van der Waals surface area (Å²) in [6, 6.07) is 11.6. The Morgan fingerprint density at radius 2 is 1.84 bits per heavy atom. The zero-order chi connectivity index (χ0) is 27.8. The van der Waals surface area contributed by atoms with Crippen LogP contribution in [0.25, 0.3) is 0 Å². The average Bonchev–Trinajstić information content (AvgIpc) is 2.85. The lowest BCUT2D eigenvalue weighted by atomic mass is 9.65. The monoisotopic (exact) mass is 534 g/mol. The van der Waals surface area contributed by atoms with E-state index < -0.39 is 59.9 Å². The highest BCUT2D eigenvalue weighted by molar-refractivity contribution is 6.02. The molecule has 4 rings (SSSR count). The molecule has 1 aliphatic rings. The minimum Gasteiger partial charge on any atom is -0.417 e. The van der Waals surface area contributed by atoms with Gasteiger partial charge in [0.25, 0.3) is 5.91 Å². The Labute approximate surface area is 211 Å². The van der Waals surface area contributed by atoms with Gasteiger partial charge in [-0.25, -0.2) is 9.37 Å². The summed E-state index contributed by atoms with van der Waals surface area (Å²) in [4.78, 5) is 30.8. The Hall–Kier alpha value is -4.60. The van der Waals surface area contributed by atoms with Crippen LogP contribution in [0.15, 0.2) is 60.8 Å². The molecule has 0 spiro atoms. The standard InChI is InChI=1S/C25H16F6N4O3/c26-18-7-5-14(9-13(18)10-32)25(15-6-8-19(34-11-15)38-23(27)28)20(21(33)36)16-3-1-2-4-17(16)22(37)35(25)12-24(29,30)31/h1-9,11,20,23H,12H2,(H2,33,36). The largest absolute Gasteiger partial charge is 0.417 e. The molecule has 13 heteroatoms. The van der Waals surface area contributed by atoms with Gasteiger partial charge >= 0.3 is 12.8 Å². The maximum atomic E-state index is 14.3. The number of benzene rings is 2. The number of fused-ring (bicyclic) bond motifs is 1. The van der Waals surface area contributed by atoms with Crippen LogP contribution < -0.4 is 10.5 Å². The molecule has 7 nitrogen and oxygen atoms in total. The van der Waals surface area contributed by atoms with Crippen molar-refractivity contribution in [3.05, 3.63) is 94.4 Å². The number of carbonyl (C=O) groups is 2. The molecule has 0 aliphatic carbocycles. The van der Waals surface area contributed by atoms with Crippen molar-refractivity contribution in [2.75, 3.05) is 6.54 Å². The van der Waals surface area contributed by atoms with E-state index in [0.717, 1.165) is 36.5 Å². The van der Waals surface area contributed by atoms with Gasteiger partial charge in [-0.15, -0.1) is 0 Å². The number of primary amides is 1. The molecule has 2 N–H and O–H groups in total. The molecular formula is C25H16F6N4O3. The van der Waals surface area contributed by atoms with Crippen molar-refractivity contribution < 1.29 is 40.7 Å². The molecule has 2 heterocycles. The van der Waals surface area contributed by atoms with Crippen LogP contribution in [0.5, 0.6) is 5.88 Å². The van der Waals surface area contributed by atoms with Crippen molar-refractivity contribution in [2.24, 2.45) is 5.73 Å². The number of hydrogen-bond donors (Lipinski definition) is 1. The van der Waals surface area contributed by atoms with Gasteiger partial charge in [0.1, 0.15) is 24.0 Å². The summed E-state index contributed by atoms with van der Waals surface area (Å²) in [5.74, 6) is -5.62.